The van der Waals surface area contributed by atoms with E-state index in [4.69, 9.17) is 0 Å². The quantitative estimate of drug-likeness (QED) is 0.726. The largest absolute Gasteiger partial charge is 0.507 e. The molecule has 0 aliphatic rings. The summed E-state index contributed by atoms with van der Waals surface area (Å²) in [6, 6.07) is 5.37. The lowest BCUT2D eigenvalue weighted by Gasteiger charge is -2.13. The fourth-order valence-electron chi connectivity index (χ4n) is 1.88. The van der Waals surface area contributed by atoms with Gasteiger partial charge in [-0.25, -0.2) is 0 Å². The Morgan fingerprint density at radius 3 is 2.65 bits per heavy atom. The zero-order valence-electron chi connectivity index (χ0n) is 11.3. The first-order valence-corrected chi connectivity index (χ1v) is 7.69. The van der Waals surface area contributed by atoms with Crippen LogP contribution in [0, 0.1) is 0 Å². The summed E-state index contributed by atoms with van der Waals surface area (Å²) in [4.78, 5) is 0.729. The van der Waals surface area contributed by atoms with Crippen LogP contribution in [0.15, 0.2) is 22.7 Å². The monoisotopic (exact) mass is 352 g/mol. The Morgan fingerprint density at radius 2 is 2.00 bits per heavy atom. The molecule has 5 nitrogen and oxygen atoms in total. The van der Waals surface area contributed by atoms with Gasteiger partial charge in [0.25, 0.3) is 0 Å². The maximum atomic E-state index is 10.0. The summed E-state index contributed by atoms with van der Waals surface area (Å²) in [5.74, 6) is 1.01. The first kappa shape index (κ1) is 13.5. The number of rotatable bonds is 1. The van der Waals surface area contributed by atoms with Gasteiger partial charge in [0.05, 0.1) is 5.56 Å². The molecule has 2 heterocycles. The summed E-state index contributed by atoms with van der Waals surface area (Å²) in [6.45, 7) is 6.21. The number of fused-ring (bicyclic) bond motifs is 1. The number of benzene rings is 1. The maximum Gasteiger partial charge on any atom is 0.235 e. The highest BCUT2D eigenvalue weighted by atomic mass is 79.9. The van der Waals surface area contributed by atoms with Gasteiger partial charge in [-0.1, -0.05) is 48.0 Å². The van der Waals surface area contributed by atoms with E-state index in [9.17, 15) is 5.11 Å². The smallest absolute Gasteiger partial charge is 0.235 e. The van der Waals surface area contributed by atoms with Gasteiger partial charge < -0.3 is 5.11 Å². The molecule has 20 heavy (non-hydrogen) atoms. The average Bonchev–Trinajstić information content (AvgIpc) is 2.86. The van der Waals surface area contributed by atoms with Crippen molar-refractivity contribution in [3.8, 4) is 16.3 Å². The molecular formula is C13H13BrN4OS. The van der Waals surface area contributed by atoms with Gasteiger partial charge in [-0.05, 0) is 18.2 Å². The molecule has 0 radical (unpaired) electrons. The molecule has 0 bridgehead atoms. The SMILES string of the molecule is CC(C)(C)c1nnc2sc(-c3ccc(Br)cc3O)nn12. The Balaban J connectivity index is 2.16. The van der Waals surface area contributed by atoms with Crippen molar-refractivity contribution >= 4 is 32.2 Å². The van der Waals surface area contributed by atoms with Gasteiger partial charge in [-0.2, -0.15) is 9.61 Å². The lowest BCUT2D eigenvalue weighted by molar-refractivity contribution is 0.476. The van der Waals surface area contributed by atoms with E-state index >= 15 is 0 Å². The molecule has 0 fully saturated rings. The topological polar surface area (TPSA) is 63.3 Å². The van der Waals surface area contributed by atoms with Gasteiger partial charge in [-0.15, -0.1) is 10.2 Å². The second kappa shape index (κ2) is 4.53. The number of phenolic OH excluding ortho intramolecular Hbond substituents is 1. The molecular weight excluding hydrogens is 340 g/mol. The van der Waals surface area contributed by atoms with Gasteiger partial charge in [0.15, 0.2) is 10.8 Å². The lowest BCUT2D eigenvalue weighted by atomic mass is 9.96. The third-order valence-corrected chi connectivity index (χ3v) is 4.28. The van der Waals surface area contributed by atoms with Crippen molar-refractivity contribution in [2.75, 3.05) is 0 Å². The third-order valence-electron chi connectivity index (χ3n) is 2.85. The molecule has 0 saturated heterocycles. The van der Waals surface area contributed by atoms with E-state index in [1.165, 1.54) is 11.3 Å². The van der Waals surface area contributed by atoms with Crippen molar-refractivity contribution in [1.29, 1.82) is 0 Å². The summed E-state index contributed by atoms with van der Waals surface area (Å²) in [6.07, 6.45) is 0. The van der Waals surface area contributed by atoms with E-state index in [2.05, 4.69) is 52.0 Å². The number of hydrogen-bond acceptors (Lipinski definition) is 5. The summed E-state index contributed by atoms with van der Waals surface area (Å²) < 4.78 is 2.58. The van der Waals surface area contributed by atoms with Crippen LogP contribution in [0.1, 0.15) is 26.6 Å². The standard InChI is InChI=1S/C13H13BrN4OS/c1-13(2,3)11-15-16-12-18(11)17-10(20-12)8-5-4-7(14)6-9(8)19/h4-6,19H,1-3H3. The van der Waals surface area contributed by atoms with E-state index < -0.39 is 0 Å². The minimum absolute atomic E-state index is 0.132. The number of nitrogens with zero attached hydrogens (tertiary/aromatic N) is 4. The van der Waals surface area contributed by atoms with Crippen LogP contribution in [0.4, 0.5) is 0 Å². The molecule has 3 aromatic rings. The van der Waals surface area contributed by atoms with Gasteiger partial charge in [0.1, 0.15) is 5.75 Å². The fourth-order valence-corrected chi connectivity index (χ4v) is 3.10. The van der Waals surface area contributed by atoms with Crippen LogP contribution < -0.4 is 0 Å². The van der Waals surface area contributed by atoms with Crippen molar-refractivity contribution in [3.63, 3.8) is 0 Å². The van der Waals surface area contributed by atoms with E-state index in [1.54, 1.807) is 10.6 Å². The first-order chi connectivity index (χ1) is 9.36. The van der Waals surface area contributed by atoms with E-state index in [0.717, 1.165) is 20.3 Å². The molecule has 0 spiro atoms. The first-order valence-electron chi connectivity index (χ1n) is 6.08. The summed E-state index contributed by atoms with van der Waals surface area (Å²) in [5.41, 5.74) is 0.565. The van der Waals surface area contributed by atoms with Crippen LogP contribution >= 0.6 is 27.3 Å². The van der Waals surface area contributed by atoms with Crippen LogP contribution in [-0.2, 0) is 5.41 Å². The van der Waals surface area contributed by atoms with Gasteiger partial charge >= 0.3 is 0 Å². The lowest BCUT2D eigenvalue weighted by Crippen LogP contribution is -2.16. The zero-order chi connectivity index (χ0) is 14.5. The molecule has 7 heteroatoms. The van der Waals surface area contributed by atoms with E-state index in [-0.39, 0.29) is 11.2 Å². The molecule has 0 amide bonds. The highest BCUT2D eigenvalue weighted by Crippen LogP contribution is 2.35. The van der Waals surface area contributed by atoms with Crippen LogP contribution in [0.2, 0.25) is 0 Å². The number of halogens is 1. The normalized spacial score (nSPS) is 12.2. The molecule has 3 rings (SSSR count). The van der Waals surface area contributed by atoms with Crippen molar-refractivity contribution in [3.05, 3.63) is 28.5 Å². The minimum atomic E-state index is -0.132. The minimum Gasteiger partial charge on any atom is -0.507 e. The van der Waals surface area contributed by atoms with Crippen molar-refractivity contribution in [2.24, 2.45) is 0 Å². The molecule has 2 aromatic heterocycles. The molecule has 0 aliphatic heterocycles. The summed E-state index contributed by atoms with van der Waals surface area (Å²) >= 11 is 4.74. The van der Waals surface area contributed by atoms with Crippen LogP contribution in [0.3, 0.4) is 0 Å². The Kier molecular flexibility index (Phi) is 3.06. The number of aromatic hydroxyl groups is 1. The molecule has 0 saturated carbocycles. The Bertz CT molecular complexity index is 787. The van der Waals surface area contributed by atoms with Crippen LogP contribution in [0.5, 0.6) is 5.75 Å². The predicted octanol–water partition coefficient (Wildman–Crippen LogP) is 3.62. The van der Waals surface area contributed by atoms with Crippen molar-refractivity contribution in [1.82, 2.24) is 19.8 Å². The zero-order valence-corrected chi connectivity index (χ0v) is 13.7. The van der Waals surface area contributed by atoms with Gasteiger partial charge in [0, 0.05) is 9.89 Å². The summed E-state index contributed by atoms with van der Waals surface area (Å²) in [5, 5.41) is 23.6. The summed E-state index contributed by atoms with van der Waals surface area (Å²) in [7, 11) is 0. The maximum absolute atomic E-state index is 10.0. The molecule has 104 valence electrons. The highest BCUT2D eigenvalue weighted by Gasteiger charge is 2.24. The average molecular weight is 353 g/mol. The number of hydrogen-bond donors (Lipinski definition) is 1. The predicted molar refractivity (Wildman–Crippen MR) is 82.2 cm³/mol. The van der Waals surface area contributed by atoms with E-state index in [0.29, 0.717) is 5.56 Å². The molecule has 0 atom stereocenters. The Labute approximate surface area is 128 Å². The molecule has 0 aliphatic carbocycles. The molecule has 1 aromatic carbocycles. The van der Waals surface area contributed by atoms with Crippen molar-refractivity contribution in [2.45, 2.75) is 26.2 Å². The second-order valence-electron chi connectivity index (χ2n) is 5.54. The molecule has 1 N–H and O–H groups in total. The number of aromatic nitrogens is 4. The van der Waals surface area contributed by atoms with Gasteiger partial charge in [-0.3, -0.25) is 0 Å². The molecule has 0 unspecified atom stereocenters. The third kappa shape index (κ3) is 2.20. The van der Waals surface area contributed by atoms with Gasteiger partial charge in [0.2, 0.25) is 4.96 Å². The van der Waals surface area contributed by atoms with E-state index in [1.807, 2.05) is 12.1 Å². The highest BCUT2D eigenvalue weighted by molar-refractivity contribution is 9.10. The fraction of sp³-hybridized carbons (Fsp3) is 0.308. The second-order valence-corrected chi connectivity index (χ2v) is 7.41. The Morgan fingerprint density at radius 1 is 1.25 bits per heavy atom. The number of phenols is 1. The van der Waals surface area contributed by atoms with Crippen LogP contribution in [0.25, 0.3) is 15.5 Å². The van der Waals surface area contributed by atoms with Crippen LogP contribution in [-0.4, -0.2) is 24.9 Å². The van der Waals surface area contributed by atoms with Crippen molar-refractivity contribution < 1.29 is 5.11 Å². The Hall–Kier alpha value is -1.47.